The van der Waals surface area contributed by atoms with Crippen LogP contribution in [0.15, 0.2) is 47.9 Å². The minimum absolute atomic E-state index is 0.0445. The van der Waals surface area contributed by atoms with Crippen molar-refractivity contribution in [3.63, 3.8) is 0 Å². The van der Waals surface area contributed by atoms with Gasteiger partial charge in [0.05, 0.1) is 35.5 Å². The molecule has 12 heteroatoms. The van der Waals surface area contributed by atoms with E-state index >= 15 is 0 Å². The Kier molecular flexibility index (Phi) is 6.06. The van der Waals surface area contributed by atoms with Crippen LogP contribution in [0.1, 0.15) is 15.2 Å². The van der Waals surface area contributed by atoms with Gasteiger partial charge in [0.15, 0.2) is 11.6 Å². The number of hydrogen-bond donors (Lipinski definition) is 2. The molecule has 172 valence electrons. The van der Waals surface area contributed by atoms with Gasteiger partial charge in [0.1, 0.15) is 0 Å². The molecular formula is C22H20N8O3S. The van der Waals surface area contributed by atoms with Gasteiger partial charge in [0.2, 0.25) is 5.95 Å². The number of benzene rings is 1. The zero-order chi connectivity index (χ0) is 23.5. The Morgan fingerprint density at radius 3 is 2.59 bits per heavy atom. The van der Waals surface area contributed by atoms with Crippen molar-refractivity contribution >= 4 is 44.9 Å². The number of hydrogen-bond acceptors (Lipinski definition) is 11. The molecule has 0 aliphatic carbocycles. The monoisotopic (exact) mass is 476 g/mol. The lowest BCUT2D eigenvalue weighted by Gasteiger charge is -2.28. The van der Waals surface area contributed by atoms with E-state index in [9.17, 15) is 9.70 Å². The second kappa shape index (κ2) is 9.45. The summed E-state index contributed by atoms with van der Waals surface area (Å²) >= 11 is 1.60. The molecule has 11 nitrogen and oxygen atoms in total. The highest BCUT2D eigenvalue weighted by Gasteiger charge is 2.20. The molecule has 0 radical (unpaired) electrons. The van der Waals surface area contributed by atoms with Gasteiger partial charge in [-0.1, -0.05) is 0 Å². The van der Waals surface area contributed by atoms with Gasteiger partial charge < -0.3 is 20.7 Å². The normalized spacial score (nSPS) is 13.7. The molecule has 1 amide bonds. The first kappa shape index (κ1) is 21.8. The van der Waals surface area contributed by atoms with Crippen LogP contribution >= 0.6 is 11.3 Å². The summed E-state index contributed by atoms with van der Waals surface area (Å²) in [6.45, 7) is 3.27. The average Bonchev–Trinajstić information content (AvgIpc) is 3.31. The first-order chi connectivity index (χ1) is 16.6. The third kappa shape index (κ3) is 4.54. The molecule has 0 atom stereocenters. The van der Waals surface area contributed by atoms with E-state index in [2.05, 4.69) is 25.4 Å². The van der Waals surface area contributed by atoms with E-state index in [1.807, 2.05) is 30.3 Å². The molecule has 0 unspecified atom stereocenters. The first-order valence-electron chi connectivity index (χ1n) is 10.5. The maximum Gasteiger partial charge on any atom is 0.319 e. The van der Waals surface area contributed by atoms with Crippen molar-refractivity contribution in [1.29, 1.82) is 0 Å². The number of nitrogen functional groups attached to an aromatic ring is 1. The number of thiophene rings is 1. The molecule has 1 aliphatic heterocycles. The van der Waals surface area contributed by atoms with Crippen LogP contribution in [-0.4, -0.2) is 52.1 Å². The quantitative estimate of drug-likeness (QED) is 0.314. The van der Waals surface area contributed by atoms with Crippen LogP contribution in [0.25, 0.3) is 21.6 Å². The molecule has 1 aromatic carbocycles. The highest BCUT2D eigenvalue weighted by molar-refractivity contribution is 7.19. The number of nitrogens with two attached hydrogens (primary N) is 1. The van der Waals surface area contributed by atoms with Gasteiger partial charge in [-0.15, -0.1) is 16.2 Å². The van der Waals surface area contributed by atoms with E-state index in [4.69, 9.17) is 20.4 Å². The van der Waals surface area contributed by atoms with E-state index < -0.39 is 5.91 Å². The van der Waals surface area contributed by atoms with Crippen molar-refractivity contribution in [2.45, 2.75) is 6.54 Å². The van der Waals surface area contributed by atoms with Crippen LogP contribution in [0.4, 0.5) is 17.5 Å². The fourth-order valence-corrected chi connectivity index (χ4v) is 4.60. The minimum atomic E-state index is -0.901. The minimum Gasteiger partial charge on any atom is -0.399 e. The third-order valence-corrected chi connectivity index (χ3v) is 6.41. The molecule has 0 spiro atoms. The smallest absolute Gasteiger partial charge is 0.319 e. The third-order valence-electron chi connectivity index (χ3n) is 5.29. The number of nitrogens with zero attached hydrogens (tertiary/aromatic N) is 6. The van der Waals surface area contributed by atoms with Gasteiger partial charge >= 0.3 is 5.91 Å². The van der Waals surface area contributed by atoms with Gasteiger partial charge in [-0.2, -0.15) is 0 Å². The molecule has 4 aromatic rings. The molecule has 1 aliphatic rings. The SMILES string of the molecule is Nc1ccc(-c2nc(N3CCOCC3)c3sc(CNc4ncc(C(=O)N=O)cn4)cc3n2)cc1. The molecule has 4 heterocycles. The zero-order valence-corrected chi connectivity index (χ0v) is 18.8. The molecule has 0 bridgehead atoms. The van der Waals surface area contributed by atoms with Crippen LogP contribution < -0.4 is 16.0 Å². The van der Waals surface area contributed by atoms with Crippen LogP contribution in [0.2, 0.25) is 0 Å². The molecular weight excluding hydrogens is 456 g/mol. The number of carbonyl (C=O) groups is 1. The molecule has 1 saturated heterocycles. The summed E-state index contributed by atoms with van der Waals surface area (Å²) in [7, 11) is 0. The first-order valence-corrected chi connectivity index (χ1v) is 11.3. The highest BCUT2D eigenvalue weighted by Crippen LogP contribution is 2.34. The second-order valence-electron chi connectivity index (χ2n) is 7.56. The number of ether oxygens (including phenoxy) is 1. The van der Waals surface area contributed by atoms with Crippen molar-refractivity contribution in [1.82, 2.24) is 19.9 Å². The van der Waals surface area contributed by atoms with Gasteiger partial charge in [-0.25, -0.2) is 19.9 Å². The van der Waals surface area contributed by atoms with Crippen LogP contribution in [-0.2, 0) is 11.3 Å². The number of fused-ring (bicyclic) bond motifs is 1. The highest BCUT2D eigenvalue weighted by atomic mass is 32.1. The Hall–Kier alpha value is -4.03. The fraction of sp³-hybridized carbons (Fsp3) is 0.227. The Bertz CT molecular complexity index is 1340. The van der Waals surface area contributed by atoms with Crippen molar-refractivity contribution in [3.05, 3.63) is 58.1 Å². The summed E-state index contributed by atoms with van der Waals surface area (Å²) in [5.41, 5.74) is 8.32. The van der Waals surface area contributed by atoms with Gasteiger partial charge in [-0.3, -0.25) is 4.79 Å². The summed E-state index contributed by atoms with van der Waals surface area (Å²) < 4.78 is 6.52. The summed E-state index contributed by atoms with van der Waals surface area (Å²) in [6.07, 6.45) is 2.54. The number of morpholine rings is 1. The van der Waals surface area contributed by atoms with E-state index in [-0.39, 0.29) is 5.56 Å². The zero-order valence-electron chi connectivity index (χ0n) is 18.0. The van der Waals surface area contributed by atoms with Crippen molar-refractivity contribution in [3.8, 4) is 11.4 Å². The van der Waals surface area contributed by atoms with E-state index in [0.29, 0.717) is 37.2 Å². The summed E-state index contributed by atoms with van der Waals surface area (Å²) in [4.78, 5) is 42.8. The second-order valence-corrected chi connectivity index (χ2v) is 8.70. The predicted octanol–water partition coefficient (Wildman–Crippen LogP) is 3.09. The Balaban J connectivity index is 1.45. The average molecular weight is 477 g/mol. The van der Waals surface area contributed by atoms with E-state index in [1.165, 1.54) is 12.4 Å². The maximum atomic E-state index is 11.3. The van der Waals surface area contributed by atoms with Gasteiger partial charge in [-0.05, 0) is 30.3 Å². The van der Waals surface area contributed by atoms with Crippen LogP contribution in [0, 0.1) is 4.91 Å². The number of rotatable bonds is 6. The molecule has 3 N–H and O–H groups in total. The lowest BCUT2D eigenvalue weighted by atomic mass is 10.2. The summed E-state index contributed by atoms with van der Waals surface area (Å²) in [5, 5.41) is 5.50. The molecule has 34 heavy (non-hydrogen) atoms. The number of carbonyl (C=O) groups excluding carboxylic acids is 1. The number of nitrogens with one attached hydrogen (secondary N) is 1. The van der Waals surface area contributed by atoms with Crippen molar-refractivity contribution in [2.75, 3.05) is 42.3 Å². The molecule has 1 fully saturated rings. The lowest BCUT2D eigenvalue weighted by Crippen LogP contribution is -2.36. The summed E-state index contributed by atoms with van der Waals surface area (Å²) in [6, 6.07) is 9.53. The topological polar surface area (TPSA) is 149 Å². The maximum absolute atomic E-state index is 11.3. The van der Waals surface area contributed by atoms with Gasteiger partial charge in [0, 0.05) is 46.8 Å². The molecule has 5 rings (SSSR count). The standard InChI is InChI=1S/C22H20N8O3S/c23-15-3-1-13(2-4-15)19-27-17-9-16(12-26-22-24-10-14(11-25-22)21(31)29-32)34-18(17)20(28-19)30-5-7-33-8-6-30/h1-4,9-11H,5-8,12,23H2,(H,24,25,26). The lowest BCUT2D eigenvalue weighted by molar-refractivity contribution is 0.1000. The largest absolute Gasteiger partial charge is 0.399 e. The Labute approximate surface area is 198 Å². The van der Waals surface area contributed by atoms with Crippen LogP contribution in [0.5, 0.6) is 0 Å². The van der Waals surface area contributed by atoms with Crippen LogP contribution in [0.3, 0.4) is 0 Å². The number of nitroso groups, excluding NO2 is 1. The molecule has 3 aromatic heterocycles. The summed E-state index contributed by atoms with van der Waals surface area (Å²) in [5.74, 6) is 0.958. The van der Waals surface area contributed by atoms with Gasteiger partial charge in [0.25, 0.3) is 0 Å². The number of aromatic nitrogens is 4. The number of amides is 1. The molecule has 0 saturated carbocycles. The fourth-order valence-electron chi connectivity index (χ4n) is 3.55. The Morgan fingerprint density at radius 1 is 1.15 bits per heavy atom. The number of anilines is 3. The van der Waals surface area contributed by atoms with Crippen molar-refractivity contribution in [2.24, 2.45) is 5.18 Å². The predicted molar refractivity (Wildman–Crippen MR) is 130 cm³/mol. The van der Waals surface area contributed by atoms with E-state index in [0.717, 1.165) is 39.6 Å². The van der Waals surface area contributed by atoms with Crippen molar-refractivity contribution < 1.29 is 9.53 Å². The van der Waals surface area contributed by atoms with E-state index in [1.54, 1.807) is 11.3 Å². The Morgan fingerprint density at radius 2 is 1.88 bits per heavy atom.